The third-order valence-corrected chi connectivity index (χ3v) is 5.18. The lowest BCUT2D eigenvalue weighted by Crippen LogP contribution is -2.39. The zero-order valence-electron chi connectivity index (χ0n) is 16.3. The normalized spacial score (nSPS) is 12.3. The van der Waals surface area contributed by atoms with Crippen LogP contribution in [0.5, 0.6) is 0 Å². The molecule has 29 heavy (non-hydrogen) atoms. The number of anilines is 1. The minimum Gasteiger partial charge on any atom is -0.452 e. The highest BCUT2D eigenvalue weighted by Crippen LogP contribution is 2.17. The first kappa shape index (κ1) is 22.4. The molecule has 7 nitrogen and oxygen atoms in total. The Morgan fingerprint density at radius 3 is 2.14 bits per heavy atom. The van der Waals surface area contributed by atoms with E-state index in [9.17, 15) is 22.4 Å². The molecule has 0 aromatic heterocycles. The number of nitrogens with one attached hydrogen (secondary N) is 2. The second-order valence-corrected chi connectivity index (χ2v) is 8.41. The van der Waals surface area contributed by atoms with Gasteiger partial charge in [0.1, 0.15) is 5.82 Å². The number of sulfonamides is 1. The summed E-state index contributed by atoms with van der Waals surface area (Å²) >= 11 is 0. The lowest BCUT2D eigenvalue weighted by Gasteiger charge is -2.15. The van der Waals surface area contributed by atoms with E-state index >= 15 is 0 Å². The van der Waals surface area contributed by atoms with Gasteiger partial charge in [-0.15, -0.1) is 0 Å². The van der Waals surface area contributed by atoms with Crippen LogP contribution in [0.3, 0.4) is 0 Å². The predicted octanol–water partition coefficient (Wildman–Crippen LogP) is 2.63. The monoisotopic (exact) mass is 422 g/mol. The maximum atomic E-state index is 13.0. The van der Waals surface area contributed by atoms with E-state index in [2.05, 4.69) is 10.0 Å². The van der Waals surface area contributed by atoms with Crippen LogP contribution in [-0.2, 0) is 30.8 Å². The van der Waals surface area contributed by atoms with Crippen LogP contribution in [0.2, 0.25) is 0 Å². The molecule has 0 radical (unpaired) electrons. The van der Waals surface area contributed by atoms with Crippen LogP contribution in [0.1, 0.15) is 26.3 Å². The second-order valence-electron chi connectivity index (χ2n) is 6.73. The van der Waals surface area contributed by atoms with E-state index in [0.29, 0.717) is 5.56 Å². The first-order valence-electron chi connectivity index (χ1n) is 8.94. The molecule has 2 aromatic rings. The molecule has 1 amide bonds. The number of esters is 1. The van der Waals surface area contributed by atoms with Crippen molar-refractivity contribution in [2.45, 2.75) is 44.2 Å². The van der Waals surface area contributed by atoms with Crippen LogP contribution in [0, 0.1) is 5.82 Å². The van der Waals surface area contributed by atoms with Crippen molar-refractivity contribution in [3.63, 3.8) is 0 Å². The van der Waals surface area contributed by atoms with E-state index in [-0.39, 0.29) is 29.0 Å². The Labute approximate surface area is 169 Å². The molecule has 0 saturated carbocycles. The number of carbonyl (C=O) groups excluding carboxylic acids is 2. The van der Waals surface area contributed by atoms with Gasteiger partial charge in [-0.1, -0.05) is 12.1 Å². The van der Waals surface area contributed by atoms with E-state index in [1.807, 2.05) is 0 Å². The molecule has 0 bridgehead atoms. The van der Waals surface area contributed by atoms with E-state index in [4.69, 9.17) is 4.74 Å². The Bertz CT molecular complexity index is 957. The molecule has 0 spiro atoms. The quantitative estimate of drug-likeness (QED) is 0.637. The molecule has 1 atom stereocenters. The van der Waals surface area contributed by atoms with Crippen molar-refractivity contribution < 1.29 is 27.1 Å². The number of hydrogen-bond acceptors (Lipinski definition) is 5. The van der Waals surface area contributed by atoms with E-state index < -0.39 is 27.9 Å². The van der Waals surface area contributed by atoms with Gasteiger partial charge in [-0.2, -0.15) is 0 Å². The number of halogens is 1. The fourth-order valence-corrected chi connectivity index (χ4v) is 3.44. The maximum absolute atomic E-state index is 13.0. The van der Waals surface area contributed by atoms with Crippen molar-refractivity contribution in [1.82, 2.24) is 5.32 Å². The van der Waals surface area contributed by atoms with Gasteiger partial charge in [0, 0.05) is 11.7 Å². The highest BCUT2D eigenvalue weighted by atomic mass is 32.2. The van der Waals surface area contributed by atoms with E-state index in [0.717, 1.165) is 12.1 Å². The SMILES string of the molecule is CC(C)NC(=O)[C@@H](C)OC(=O)Cc1ccc(NS(=O)(=O)c2ccc(F)cc2)cc1. The standard InChI is InChI=1S/C20H23FN2O5S/c1-13(2)22-20(25)14(3)28-19(24)12-15-4-8-17(9-5-15)23-29(26,27)18-10-6-16(21)7-11-18/h4-11,13-14,23H,12H2,1-3H3,(H,22,25)/t14-/m1/s1. The van der Waals surface area contributed by atoms with Crippen LogP contribution in [0.4, 0.5) is 10.1 Å². The van der Waals surface area contributed by atoms with Crippen LogP contribution >= 0.6 is 0 Å². The molecule has 156 valence electrons. The Morgan fingerprint density at radius 1 is 1.00 bits per heavy atom. The molecule has 2 rings (SSSR count). The van der Waals surface area contributed by atoms with Crippen molar-refractivity contribution in [2.75, 3.05) is 4.72 Å². The first-order chi connectivity index (χ1) is 13.6. The average Bonchev–Trinajstić information content (AvgIpc) is 2.62. The van der Waals surface area contributed by atoms with E-state index in [1.165, 1.54) is 31.2 Å². The molecule has 2 N–H and O–H groups in total. The summed E-state index contributed by atoms with van der Waals surface area (Å²) in [5, 5.41) is 2.66. The van der Waals surface area contributed by atoms with Gasteiger partial charge in [0.15, 0.2) is 6.10 Å². The van der Waals surface area contributed by atoms with Crippen molar-refractivity contribution in [2.24, 2.45) is 0 Å². The molecule has 0 aliphatic rings. The third kappa shape index (κ3) is 6.86. The van der Waals surface area contributed by atoms with Gasteiger partial charge in [0.2, 0.25) is 0 Å². The van der Waals surface area contributed by atoms with Crippen molar-refractivity contribution in [3.8, 4) is 0 Å². The summed E-state index contributed by atoms with van der Waals surface area (Å²) in [6.45, 7) is 5.10. The molecule has 0 heterocycles. The molecule has 0 aliphatic heterocycles. The molecule has 2 aromatic carbocycles. The van der Waals surface area contributed by atoms with Crippen LogP contribution < -0.4 is 10.0 Å². The van der Waals surface area contributed by atoms with Crippen LogP contribution in [-0.4, -0.2) is 32.4 Å². The van der Waals surface area contributed by atoms with Gasteiger partial charge in [0.25, 0.3) is 15.9 Å². The zero-order valence-corrected chi connectivity index (χ0v) is 17.1. The Morgan fingerprint density at radius 2 is 1.59 bits per heavy atom. The van der Waals surface area contributed by atoms with Crippen molar-refractivity contribution in [3.05, 3.63) is 59.9 Å². The molecule has 0 fully saturated rings. The van der Waals surface area contributed by atoms with Crippen molar-refractivity contribution in [1.29, 1.82) is 0 Å². The Balaban J connectivity index is 1.95. The van der Waals surface area contributed by atoms with Gasteiger partial charge in [-0.25, -0.2) is 12.8 Å². The van der Waals surface area contributed by atoms with Crippen molar-refractivity contribution >= 4 is 27.6 Å². The molecule has 9 heteroatoms. The fourth-order valence-electron chi connectivity index (χ4n) is 2.38. The van der Waals surface area contributed by atoms with E-state index in [1.54, 1.807) is 26.0 Å². The van der Waals surface area contributed by atoms with Gasteiger partial charge >= 0.3 is 5.97 Å². The highest BCUT2D eigenvalue weighted by molar-refractivity contribution is 7.92. The molecule has 0 saturated heterocycles. The van der Waals surface area contributed by atoms with Gasteiger partial charge < -0.3 is 10.1 Å². The van der Waals surface area contributed by atoms with Gasteiger partial charge in [0.05, 0.1) is 11.3 Å². The summed E-state index contributed by atoms with van der Waals surface area (Å²) in [6.07, 6.45) is -0.976. The molecular formula is C20H23FN2O5S. The third-order valence-electron chi connectivity index (χ3n) is 3.79. The summed E-state index contributed by atoms with van der Waals surface area (Å²) in [7, 11) is -3.85. The number of hydrogen-bond donors (Lipinski definition) is 2. The lowest BCUT2D eigenvalue weighted by atomic mass is 10.1. The highest BCUT2D eigenvalue weighted by Gasteiger charge is 2.19. The number of carbonyl (C=O) groups is 2. The lowest BCUT2D eigenvalue weighted by molar-refractivity contribution is -0.154. The van der Waals surface area contributed by atoms with Crippen LogP contribution in [0.15, 0.2) is 53.4 Å². The van der Waals surface area contributed by atoms with Gasteiger partial charge in [-0.3, -0.25) is 14.3 Å². The first-order valence-corrected chi connectivity index (χ1v) is 10.4. The minimum atomic E-state index is -3.85. The summed E-state index contributed by atoms with van der Waals surface area (Å²) in [5.74, 6) is -1.48. The zero-order chi connectivity index (χ0) is 21.6. The number of rotatable bonds is 8. The topological polar surface area (TPSA) is 102 Å². The second kappa shape index (κ2) is 9.51. The summed E-state index contributed by atoms with van der Waals surface area (Å²) < 4.78 is 45.0. The minimum absolute atomic E-state index is 0.0603. The Hall–Kier alpha value is -2.94. The summed E-state index contributed by atoms with van der Waals surface area (Å²) in [5.41, 5.74) is 0.882. The molecule has 0 aliphatic carbocycles. The Kier molecular flexibility index (Phi) is 7.33. The predicted molar refractivity (Wildman–Crippen MR) is 106 cm³/mol. The largest absolute Gasteiger partial charge is 0.452 e. The number of benzene rings is 2. The summed E-state index contributed by atoms with van der Waals surface area (Å²) in [6, 6.07) is 10.5. The molecule has 0 unspecified atom stereocenters. The number of ether oxygens (including phenoxy) is 1. The number of amides is 1. The summed E-state index contributed by atoms with van der Waals surface area (Å²) in [4.78, 5) is 23.7. The smallest absolute Gasteiger partial charge is 0.311 e. The van der Waals surface area contributed by atoms with Crippen LogP contribution in [0.25, 0.3) is 0 Å². The fraction of sp³-hybridized carbons (Fsp3) is 0.300. The molecular weight excluding hydrogens is 399 g/mol. The van der Waals surface area contributed by atoms with Gasteiger partial charge in [-0.05, 0) is 62.7 Å². The maximum Gasteiger partial charge on any atom is 0.311 e. The average molecular weight is 422 g/mol.